The van der Waals surface area contributed by atoms with Crippen molar-refractivity contribution >= 4 is 17.7 Å². The Kier molecular flexibility index (Phi) is 5.30. The van der Waals surface area contributed by atoms with Gasteiger partial charge in [-0.1, -0.05) is 29.8 Å². The third kappa shape index (κ3) is 4.17. The van der Waals surface area contributed by atoms with Gasteiger partial charge in [-0.15, -0.1) is 0 Å². The van der Waals surface area contributed by atoms with E-state index >= 15 is 0 Å². The van der Waals surface area contributed by atoms with Crippen LogP contribution in [0.4, 0.5) is 0 Å². The van der Waals surface area contributed by atoms with Gasteiger partial charge in [0.05, 0.1) is 11.8 Å². The molecule has 1 aromatic carbocycles. The fourth-order valence-electron chi connectivity index (χ4n) is 1.83. The zero-order valence-corrected chi connectivity index (χ0v) is 12.6. The second kappa shape index (κ2) is 7.20. The van der Waals surface area contributed by atoms with Crippen molar-refractivity contribution in [2.24, 2.45) is 0 Å². The number of hydrogen-bond acceptors (Lipinski definition) is 3. The Labute approximate surface area is 123 Å². The minimum absolute atomic E-state index is 0.0628. The number of rotatable bonds is 6. The molecule has 0 saturated heterocycles. The molecular weight excluding hydrogens is 270 g/mol. The van der Waals surface area contributed by atoms with Crippen molar-refractivity contribution in [1.82, 2.24) is 5.32 Å². The maximum atomic E-state index is 11.8. The number of furan rings is 1. The fourth-order valence-corrected chi connectivity index (χ4v) is 2.65. The summed E-state index contributed by atoms with van der Waals surface area (Å²) < 4.78 is 5.11. The van der Waals surface area contributed by atoms with E-state index in [0.29, 0.717) is 17.9 Å². The van der Waals surface area contributed by atoms with Crippen molar-refractivity contribution in [3.8, 4) is 0 Å². The van der Waals surface area contributed by atoms with Crippen LogP contribution in [0.25, 0.3) is 0 Å². The first kappa shape index (κ1) is 14.7. The molecule has 106 valence electrons. The van der Waals surface area contributed by atoms with Gasteiger partial charge in [-0.2, -0.15) is 11.8 Å². The molecular formula is C16H19NO2S. The molecule has 0 bridgehead atoms. The average molecular weight is 289 g/mol. The molecule has 20 heavy (non-hydrogen) atoms. The highest BCUT2D eigenvalue weighted by Gasteiger charge is 2.09. The molecule has 1 amide bonds. The molecule has 0 spiro atoms. The Morgan fingerprint density at radius 1 is 1.20 bits per heavy atom. The van der Waals surface area contributed by atoms with Gasteiger partial charge >= 0.3 is 0 Å². The minimum Gasteiger partial charge on any atom is -0.469 e. The number of nitrogens with one attached hydrogen (secondary N) is 1. The van der Waals surface area contributed by atoms with E-state index in [1.54, 1.807) is 13.0 Å². The Morgan fingerprint density at radius 3 is 2.60 bits per heavy atom. The molecule has 1 heterocycles. The zero-order valence-electron chi connectivity index (χ0n) is 11.8. The number of thioether (sulfide) groups is 1. The van der Waals surface area contributed by atoms with Crippen LogP contribution in [0.1, 0.15) is 27.2 Å². The molecule has 2 aromatic rings. The van der Waals surface area contributed by atoms with Crippen LogP contribution in [-0.2, 0) is 5.75 Å². The second-order valence-electron chi connectivity index (χ2n) is 4.68. The van der Waals surface area contributed by atoms with Crippen LogP contribution in [-0.4, -0.2) is 18.2 Å². The summed E-state index contributed by atoms with van der Waals surface area (Å²) >= 11 is 1.82. The van der Waals surface area contributed by atoms with Crippen LogP contribution in [0.5, 0.6) is 0 Å². The van der Waals surface area contributed by atoms with E-state index in [-0.39, 0.29) is 5.91 Å². The Bertz CT molecular complexity index is 560. The normalized spacial score (nSPS) is 10.5. The summed E-state index contributed by atoms with van der Waals surface area (Å²) in [6.45, 7) is 4.55. The minimum atomic E-state index is -0.0628. The molecule has 1 N–H and O–H groups in total. The van der Waals surface area contributed by atoms with Gasteiger partial charge in [-0.05, 0) is 25.5 Å². The van der Waals surface area contributed by atoms with Crippen molar-refractivity contribution < 1.29 is 9.21 Å². The van der Waals surface area contributed by atoms with Gasteiger partial charge < -0.3 is 9.73 Å². The number of carbonyl (C=O) groups is 1. The van der Waals surface area contributed by atoms with Gasteiger partial charge in [0.2, 0.25) is 0 Å². The monoisotopic (exact) mass is 289 g/mol. The van der Waals surface area contributed by atoms with Gasteiger partial charge in [-0.25, -0.2) is 0 Å². The number of benzene rings is 1. The first-order valence-corrected chi connectivity index (χ1v) is 7.78. The summed E-state index contributed by atoms with van der Waals surface area (Å²) in [5, 5.41) is 2.90. The van der Waals surface area contributed by atoms with Gasteiger partial charge in [0.1, 0.15) is 5.76 Å². The van der Waals surface area contributed by atoms with Gasteiger partial charge in [-0.3, -0.25) is 4.79 Å². The molecule has 0 aliphatic carbocycles. The topological polar surface area (TPSA) is 42.2 Å². The van der Waals surface area contributed by atoms with E-state index in [0.717, 1.165) is 11.5 Å². The number of aryl methyl sites for hydroxylation is 2. The van der Waals surface area contributed by atoms with E-state index in [9.17, 15) is 4.79 Å². The third-order valence-electron chi connectivity index (χ3n) is 3.02. The summed E-state index contributed by atoms with van der Waals surface area (Å²) in [5.74, 6) is 2.47. The predicted octanol–water partition coefficient (Wildman–Crippen LogP) is 3.56. The number of hydrogen-bond donors (Lipinski definition) is 1. The third-order valence-corrected chi connectivity index (χ3v) is 4.05. The fraction of sp³-hybridized carbons (Fsp3) is 0.312. The lowest BCUT2D eigenvalue weighted by atomic mass is 10.2. The molecule has 0 fully saturated rings. The van der Waals surface area contributed by atoms with Gasteiger partial charge in [0, 0.05) is 18.1 Å². The summed E-state index contributed by atoms with van der Waals surface area (Å²) in [5.41, 5.74) is 3.22. The standard InChI is InChI=1S/C16H19NO2S/c1-12-3-5-14(6-4-12)11-20-10-8-17-16(18)15-7-9-19-13(15)2/h3-7,9H,8,10-11H2,1-2H3,(H,17,18). The number of carbonyl (C=O) groups excluding carboxylic acids is 1. The molecule has 0 unspecified atom stereocenters. The van der Waals surface area contributed by atoms with E-state index in [1.807, 2.05) is 11.8 Å². The SMILES string of the molecule is Cc1ccc(CSCCNC(=O)c2ccoc2C)cc1. The van der Waals surface area contributed by atoms with Crippen LogP contribution in [0, 0.1) is 13.8 Å². The van der Waals surface area contributed by atoms with Crippen LogP contribution in [0.2, 0.25) is 0 Å². The summed E-state index contributed by atoms with van der Waals surface area (Å²) in [6.07, 6.45) is 1.54. The van der Waals surface area contributed by atoms with E-state index in [4.69, 9.17) is 4.42 Å². The quantitative estimate of drug-likeness (QED) is 0.827. The lowest BCUT2D eigenvalue weighted by Gasteiger charge is -2.05. The molecule has 4 heteroatoms. The second-order valence-corrected chi connectivity index (χ2v) is 5.79. The van der Waals surface area contributed by atoms with Crippen molar-refractivity contribution in [3.63, 3.8) is 0 Å². The molecule has 1 aromatic heterocycles. The molecule has 0 radical (unpaired) electrons. The maximum Gasteiger partial charge on any atom is 0.254 e. The zero-order chi connectivity index (χ0) is 14.4. The molecule has 0 atom stereocenters. The summed E-state index contributed by atoms with van der Waals surface area (Å²) in [4.78, 5) is 11.8. The summed E-state index contributed by atoms with van der Waals surface area (Å²) in [6, 6.07) is 10.2. The van der Waals surface area contributed by atoms with Crippen LogP contribution in [0.3, 0.4) is 0 Å². The Morgan fingerprint density at radius 2 is 1.95 bits per heavy atom. The van der Waals surface area contributed by atoms with E-state index in [2.05, 4.69) is 36.5 Å². The van der Waals surface area contributed by atoms with Crippen LogP contribution < -0.4 is 5.32 Å². The van der Waals surface area contributed by atoms with Crippen LogP contribution >= 0.6 is 11.8 Å². The highest BCUT2D eigenvalue weighted by molar-refractivity contribution is 7.98. The van der Waals surface area contributed by atoms with Crippen molar-refractivity contribution in [1.29, 1.82) is 0 Å². The predicted molar refractivity (Wildman–Crippen MR) is 83.1 cm³/mol. The van der Waals surface area contributed by atoms with E-state index in [1.165, 1.54) is 17.4 Å². The largest absolute Gasteiger partial charge is 0.469 e. The lowest BCUT2D eigenvalue weighted by molar-refractivity contribution is 0.0954. The smallest absolute Gasteiger partial charge is 0.254 e. The summed E-state index contributed by atoms with van der Waals surface area (Å²) in [7, 11) is 0. The first-order valence-electron chi connectivity index (χ1n) is 6.62. The van der Waals surface area contributed by atoms with Gasteiger partial charge in [0.15, 0.2) is 0 Å². The maximum absolute atomic E-state index is 11.8. The number of amides is 1. The molecule has 3 nitrogen and oxygen atoms in total. The van der Waals surface area contributed by atoms with Crippen molar-refractivity contribution in [3.05, 3.63) is 59.0 Å². The van der Waals surface area contributed by atoms with Gasteiger partial charge in [0.25, 0.3) is 5.91 Å². The van der Waals surface area contributed by atoms with E-state index < -0.39 is 0 Å². The highest BCUT2D eigenvalue weighted by atomic mass is 32.2. The Balaban J connectivity index is 1.66. The first-order chi connectivity index (χ1) is 9.66. The van der Waals surface area contributed by atoms with Crippen molar-refractivity contribution in [2.45, 2.75) is 19.6 Å². The molecule has 0 saturated carbocycles. The van der Waals surface area contributed by atoms with Crippen LogP contribution in [0.15, 0.2) is 41.0 Å². The highest BCUT2D eigenvalue weighted by Crippen LogP contribution is 2.12. The molecule has 0 aliphatic rings. The average Bonchev–Trinajstić information content (AvgIpc) is 2.86. The molecule has 2 rings (SSSR count). The molecule has 0 aliphatic heterocycles. The Hall–Kier alpha value is -1.68. The lowest BCUT2D eigenvalue weighted by Crippen LogP contribution is -2.25. The van der Waals surface area contributed by atoms with Crippen molar-refractivity contribution in [2.75, 3.05) is 12.3 Å².